The highest BCUT2D eigenvalue weighted by Crippen LogP contribution is 2.33. The predicted molar refractivity (Wildman–Crippen MR) is 126 cm³/mol. The Balaban J connectivity index is 1.21. The van der Waals surface area contributed by atoms with Crippen LogP contribution in [0.15, 0.2) is 52.3 Å². The zero-order valence-electron chi connectivity index (χ0n) is 18.9. The van der Waals surface area contributed by atoms with E-state index in [0.717, 1.165) is 36.3 Å². The van der Waals surface area contributed by atoms with E-state index in [1.165, 1.54) is 32.9 Å². The van der Waals surface area contributed by atoms with E-state index in [9.17, 15) is 16.8 Å². The number of hydrogen-bond donors (Lipinski definition) is 0. The van der Waals surface area contributed by atoms with Crippen LogP contribution < -0.4 is 9.47 Å². The molecule has 0 saturated carbocycles. The molecule has 2 aromatic rings. The number of ether oxygens (including phenoxy) is 2. The summed E-state index contributed by atoms with van der Waals surface area (Å²) in [6.45, 7) is 3.93. The van der Waals surface area contributed by atoms with Crippen molar-refractivity contribution in [2.75, 3.05) is 46.1 Å². The van der Waals surface area contributed by atoms with Gasteiger partial charge in [0.2, 0.25) is 26.8 Å². The van der Waals surface area contributed by atoms with Gasteiger partial charge in [0.25, 0.3) is 0 Å². The Kier molecular flexibility index (Phi) is 6.56. The van der Waals surface area contributed by atoms with Crippen LogP contribution in [0.5, 0.6) is 11.5 Å². The topological polar surface area (TPSA) is 96.5 Å². The minimum atomic E-state index is -3.69. The average Bonchev–Trinajstić information content (AvgIpc) is 3.33. The summed E-state index contributed by atoms with van der Waals surface area (Å²) in [5.74, 6) is 1.49. The van der Waals surface area contributed by atoms with Crippen LogP contribution in [-0.2, 0) is 26.6 Å². The normalized spacial score (nSPS) is 20.5. The summed E-state index contributed by atoms with van der Waals surface area (Å²) in [4.78, 5) is 2.47. The van der Waals surface area contributed by atoms with Gasteiger partial charge in [0, 0.05) is 45.8 Å². The van der Waals surface area contributed by atoms with Gasteiger partial charge in [-0.15, -0.1) is 0 Å². The van der Waals surface area contributed by atoms with E-state index in [2.05, 4.69) is 4.90 Å². The lowest BCUT2D eigenvalue weighted by molar-refractivity contribution is 0.173. The Morgan fingerprint density at radius 3 is 1.82 bits per heavy atom. The highest BCUT2D eigenvalue weighted by Gasteiger charge is 2.30. The lowest BCUT2D eigenvalue weighted by Gasteiger charge is -2.34. The third-order valence-corrected chi connectivity index (χ3v) is 10.4. The second kappa shape index (κ2) is 9.46. The average molecular weight is 508 g/mol. The fraction of sp³-hybridized carbons (Fsp3) is 0.478. The molecule has 2 aromatic carbocycles. The summed E-state index contributed by atoms with van der Waals surface area (Å²) < 4.78 is 65.7. The smallest absolute Gasteiger partial charge is 0.243 e. The van der Waals surface area contributed by atoms with Crippen LogP contribution in [-0.4, -0.2) is 76.4 Å². The number of piperazine rings is 1. The maximum atomic E-state index is 13.2. The molecular formula is C23H29N3O6S2. The minimum absolute atomic E-state index is 0.120. The minimum Gasteiger partial charge on any atom is -0.454 e. The van der Waals surface area contributed by atoms with E-state index in [4.69, 9.17) is 9.47 Å². The zero-order chi connectivity index (χ0) is 23.8. The molecule has 3 aliphatic rings. The lowest BCUT2D eigenvalue weighted by atomic mass is 10.2. The van der Waals surface area contributed by atoms with Crippen molar-refractivity contribution in [2.24, 2.45) is 0 Å². The van der Waals surface area contributed by atoms with Crippen LogP contribution >= 0.6 is 0 Å². The van der Waals surface area contributed by atoms with E-state index in [-0.39, 0.29) is 16.6 Å². The predicted octanol–water partition coefficient (Wildman–Crippen LogP) is 2.10. The Labute approximate surface area is 201 Å². The van der Waals surface area contributed by atoms with Crippen molar-refractivity contribution >= 4 is 20.0 Å². The molecule has 11 heteroatoms. The molecule has 0 radical (unpaired) electrons. The molecule has 34 heavy (non-hydrogen) atoms. The number of fused-ring (bicyclic) bond motifs is 1. The lowest BCUT2D eigenvalue weighted by Crippen LogP contribution is -2.48. The number of benzene rings is 2. The molecule has 0 aromatic heterocycles. The van der Waals surface area contributed by atoms with Gasteiger partial charge in [-0.1, -0.05) is 12.5 Å². The van der Waals surface area contributed by atoms with E-state index in [1.54, 1.807) is 0 Å². The van der Waals surface area contributed by atoms with Crippen molar-refractivity contribution in [1.82, 2.24) is 13.5 Å². The maximum Gasteiger partial charge on any atom is 0.243 e. The third kappa shape index (κ3) is 4.67. The fourth-order valence-corrected chi connectivity index (χ4v) is 7.55. The summed E-state index contributed by atoms with van der Waals surface area (Å²) in [5.41, 5.74) is 1.09. The molecule has 2 fully saturated rings. The van der Waals surface area contributed by atoms with E-state index >= 15 is 0 Å². The molecule has 0 amide bonds. The molecule has 0 atom stereocenters. The zero-order valence-corrected chi connectivity index (χ0v) is 20.6. The van der Waals surface area contributed by atoms with Gasteiger partial charge in [0.15, 0.2) is 11.5 Å². The maximum absolute atomic E-state index is 13.2. The summed E-state index contributed by atoms with van der Waals surface area (Å²) in [7, 11) is -7.28. The first-order chi connectivity index (χ1) is 16.3. The summed E-state index contributed by atoms with van der Waals surface area (Å²) in [6.07, 6.45) is 2.74. The number of rotatable bonds is 6. The van der Waals surface area contributed by atoms with Crippen molar-refractivity contribution in [1.29, 1.82) is 0 Å². The van der Waals surface area contributed by atoms with Gasteiger partial charge < -0.3 is 9.47 Å². The number of sulfonamides is 2. The Morgan fingerprint density at radius 1 is 0.647 bits per heavy atom. The second-order valence-corrected chi connectivity index (χ2v) is 12.7. The molecule has 0 unspecified atom stereocenters. The fourth-order valence-electron chi connectivity index (χ4n) is 4.61. The number of hydrogen-bond acceptors (Lipinski definition) is 7. The van der Waals surface area contributed by atoms with Gasteiger partial charge in [-0.25, -0.2) is 16.8 Å². The van der Waals surface area contributed by atoms with Gasteiger partial charge in [0.05, 0.1) is 9.79 Å². The SMILES string of the molecule is O=S(=O)(c1ccc(S(=O)(=O)N2CCN(Cc3ccc4c(c3)OCO4)CC2)cc1)N1CCCCC1. The van der Waals surface area contributed by atoms with E-state index < -0.39 is 20.0 Å². The summed E-state index contributed by atoms with van der Waals surface area (Å²) >= 11 is 0. The molecule has 3 heterocycles. The van der Waals surface area contributed by atoms with Crippen molar-refractivity contribution in [2.45, 2.75) is 35.6 Å². The molecule has 9 nitrogen and oxygen atoms in total. The highest BCUT2D eigenvalue weighted by atomic mass is 32.2. The molecule has 5 rings (SSSR count). The van der Waals surface area contributed by atoms with E-state index in [1.807, 2.05) is 18.2 Å². The van der Waals surface area contributed by atoms with Crippen molar-refractivity contribution in [3.8, 4) is 11.5 Å². The van der Waals surface area contributed by atoms with Crippen LogP contribution in [0.25, 0.3) is 0 Å². The Morgan fingerprint density at radius 2 is 1.21 bits per heavy atom. The molecule has 0 N–H and O–H groups in total. The monoisotopic (exact) mass is 507 g/mol. The Hall–Kier alpha value is -2.18. The summed E-state index contributed by atoms with van der Waals surface area (Å²) in [5, 5.41) is 0. The molecule has 184 valence electrons. The standard InChI is InChI=1S/C23H29N3O6S2/c27-33(28,25-10-2-1-3-11-25)20-5-7-21(8-6-20)34(29,30)26-14-12-24(13-15-26)17-19-4-9-22-23(16-19)32-18-31-22/h4-9,16H,1-3,10-15,17-18H2. The van der Waals surface area contributed by atoms with Crippen LogP contribution in [0.1, 0.15) is 24.8 Å². The van der Waals surface area contributed by atoms with Crippen LogP contribution in [0.4, 0.5) is 0 Å². The number of piperidine rings is 1. The molecular weight excluding hydrogens is 478 g/mol. The Bertz CT molecular complexity index is 1230. The first-order valence-corrected chi connectivity index (χ1v) is 14.4. The quantitative estimate of drug-likeness (QED) is 0.591. The first-order valence-electron chi connectivity index (χ1n) is 11.6. The van der Waals surface area contributed by atoms with Gasteiger partial charge in [0.1, 0.15) is 0 Å². The largest absolute Gasteiger partial charge is 0.454 e. The molecule has 0 bridgehead atoms. The van der Waals surface area contributed by atoms with Gasteiger partial charge in [-0.3, -0.25) is 4.90 Å². The first kappa shape index (κ1) is 23.6. The van der Waals surface area contributed by atoms with Crippen LogP contribution in [0.3, 0.4) is 0 Å². The number of nitrogens with zero attached hydrogens (tertiary/aromatic N) is 3. The van der Waals surface area contributed by atoms with E-state index in [0.29, 0.717) is 45.8 Å². The van der Waals surface area contributed by atoms with Crippen LogP contribution in [0, 0.1) is 0 Å². The van der Waals surface area contributed by atoms with Gasteiger partial charge in [-0.05, 0) is 54.8 Å². The molecule has 2 saturated heterocycles. The van der Waals surface area contributed by atoms with Crippen molar-refractivity contribution < 1.29 is 26.3 Å². The summed E-state index contributed by atoms with van der Waals surface area (Å²) in [6, 6.07) is 11.5. The third-order valence-electron chi connectivity index (χ3n) is 6.59. The van der Waals surface area contributed by atoms with Gasteiger partial charge >= 0.3 is 0 Å². The van der Waals surface area contributed by atoms with Crippen LogP contribution in [0.2, 0.25) is 0 Å². The van der Waals surface area contributed by atoms with Gasteiger partial charge in [-0.2, -0.15) is 8.61 Å². The molecule has 3 aliphatic heterocycles. The van der Waals surface area contributed by atoms with Crippen molar-refractivity contribution in [3.05, 3.63) is 48.0 Å². The highest BCUT2D eigenvalue weighted by molar-refractivity contribution is 7.89. The molecule has 0 aliphatic carbocycles. The van der Waals surface area contributed by atoms with Crippen molar-refractivity contribution in [3.63, 3.8) is 0 Å². The molecule has 0 spiro atoms. The second-order valence-electron chi connectivity index (χ2n) is 8.80.